The number of hydrogen-bond acceptors (Lipinski definition) is 8. The summed E-state index contributed by atoms with van der Waals surface area (Å²) in [6, 6.07) is 13.3. The number of nitrogens with zero attached hydrogens (tertiary/aromatic N) is 3. The summed E-state index contributed by atoms with van der Waals surface area (Å²) in [6.45, 7) is 3.29. The molecule has 35 heavy (non-hydrogen) atoms. The molecule has 2 aliphatic rings. The molecule has 2 N–H and O–H groups in total. The van der Waals surface area contributed by atoms with E-state index in [1.165, 1.54) is 0 Å². The molecule has 1 aromatic carbocycles. The van der Waals surface area contributed by atoms with Crippen LogP contribution in [0.5, 0.6) is 0 Å². The Morgan fingerprint density at radius 1 is 1.17 bits per heavy atom. The van der Waals surface area contributed by atoms with Crippen LogP contribution in [0.3, 0.4) is 0 Å². The van der Waals surface area contributed by atoms with Crippen LogP contribution >= 0.6 is 23.4 Å². The van der Waals surface area contributed by atoms with Crippen molar-refractivity contribution in [2.24, 2.45) is 5.92 Å². The third-order valence-corrected chi connectivity index (χ3v) is 7.16. The minimum Gasteiger partial charge on any atom is -0.460 e. The fourth-order valence-corrected chi connectivity index (χ4v) is 5.06. The molecule has 8 nitrogen and oxygen atoms in total. The van der Waals surface area contributed by atoms with Gasteiger partial charge in [-0.05, 0) is 73.5 Å². The molecule has 0 bridgehead atoms. The molecule has 3 aromatic rings. The first kappa shape index (κ1) is 23.6. The fraction of sp³-hybridized carbons (Fsp3) is 0.280. The van der Waals surface area contributed by atoms with Crippen LogP contribution < -0.4 is 15.5 Å². The van der Waals surface area contributed by atoms with E-state index < -0.39 is 0 Å². The second kappa shape index (κ2) is 10.6. The summed E-state index contributed by atoms with van der Waals surface area (Å²) in [5.74, 6) is 2.47. The van der Waals surface area contributed by atoms with E-state index in [1.807, 2.05) is 36.4 Å². The fourth-order valence-electron chi connectivity index (χ4n) is 4.17. The molecule has 5 rings (SSSR count). The number of furan rings is 1. The predicted molar refractivity (Wildman–Crippen MR) is 137 cm³/mol. The number of amides is 2. The molecule has 2 saturated heterocycles. The largest absolute Gasteiger partial charge is 0.460 e. The van der Waals surface area contributed by atoms with E-state index in [-0.39, 0.29) is 11.1 Å². The Balaban J connectivity index is 1.10. The van der Waals surface area contributed by atoms with E-state index in [0.717, 1.165) is 61.3 Å². The second-order valence-electron chi connectivity index (χ2n) is 8.44. The minimum absolute atomic E-state index is 0.347. The van der Waals surface area contributed by atoms with E-state index in [1.54, 1.807) is 18.3 Å². The first-order chi connectivity index (χ1) is 17.0. The van der Waals surface area contributed by atoms with Crippen LogP contribution in [-0.4, -0.2) is 40.7 Å². The topological polar surface area (TPSA) is 100 Å². The third-order valence-electron chi connectivity index (χ3n) is 6.02. The zero-order valence-electron chi connectivity index (χ0n) is 18.9. The van der Waals surface area contributed by atoms with Crippen molar-refractivity contribution in [1.82, 2.24) is 20.6 Å². The number of halogens is 1. The number of thioether (sulfide) groups is 1. The van der Waals surface area contributed by atoms with Gasteiger partial charge in [0.2, 0.25) is 5.95 Å². The Morgan fingerprint density at radius 2 is 2.00 bits per heavy atom. The maximum absolute atomic E-state index is 11.8. The molecular weight excluding hydrogens is 486 g/mol. The monoisotopic (exact) mass is 509 g/mol. The summed E-state index contributed by atoms with van der Waals surface area (Å²) in [5, 5.41) is 6.08. The first-order valence-corrected chi connectivity index (χ1v) is 12.6. The molecular formula is C25H24ClN5O3S. The number of carbonyl (C=O) groups excluding carboxylic acids is 2. The number of hydrogen-bond donors (Lipinski definition) is 2. The maximum Gasteiger partial charge on any atom is 0.290 e. The first-order valence-electron chi connectivity index (χ1n) is 11.4. The van der Waals surface area contributed by atoms with Gasteiger partial charge >= 0.3 is 0 Å². The van der Waals surface area contributed by atoms with E-state index in [4.69, 9.17) is 16.0 Å². The highest BCUT2D eigenvalue weighted by molar-refractivity contribution is 8.18. The summed E-state index contributed by atoms with van der Waals surface area (Å²) in [7, 11) is 0. The van der Waals surface area contributed by atoms with Crippen molar-refractivity contribution in [1.29, 1.82) is 0 Å². The molecule has 2 amide bonds. The Bertz CT molecular complexity index is 1270. The molecule has 4 heterocycles. The number of imide groups is 1. The van der Waals surface area contributed by atoms with Crippen molar-refractivity contribution in [3.05, 3.63) is 70.0 Å². The predicted octanol–water partition coefficient (Wildman–Crippen LogP) is 4.72. The lowest BCUT2D eigenvalue weighted by Gasteiger charge is -2.32. The zero-order chi connectivity index (χ0) is 24.2. The van der Waals surface area contributed by atoms with Crippen LogP contribution in [0, 0.1) is 5.92 Å². The number of nitrogens with one attached hydrogen (secondary N) is 2. The van der Waals surface area contributed by atoms with Gasteiger partial charge in [-0.1, -0.05) is 23.7 Å². The van der Waals surface area contributed by atoms with Crippen molar-refractivity contribution < 1.29 is 14.0 Å². The standard InChI is InChI=1S/C25H24ClN5O3S/c26-20-4-2-1-3-19(20)21-6-5-18(34-21)15-27-14-16-8-11-31(12-9-16)24-28-10-7-17(29-24)13-22-23(32)30-25(33)35-22/h1-7,10,13,16,27H,8-9,11-12,14-15H2,(H,30,32,33). The molecule has 0 atom stereocenters. The van der Waals surface area contributed by atoms with Gasteiger partial charge in [-0.2, -0.15) is 0 Å². The summed E-state index contributed by atoms with van der Waals surface area (Å²) < 4.78 is 5.96. The van der Waals surface area contributed by atoms with Gasteiger partial charge in [0.15, 0.2) is 0 Å². The lowest BCUT2D eigenvalue weighted by molar-refractivity contribution is -0.115. The Labute approximate surface area is 212 Å². The van der Waals surface area contributed by atoms with Crippen LogP contribution in [0.1, 0.15) is 24.3 Å². The number of carbonyl (C=O) groups is 2. The van der Waals surface area contributed by atoms with Crippen molar-refractivity contribution in [2.75, 3.05) is 24.5 Å². The quantitative estimate of drug-likeness (QED) is 0.441. The summed E-state index contributed by atoms with van der Waals surface area (Å²) >= 11 is 7.15. The smallest absolute Gasteiger partial charge is 0.290 e. The van der Waals surface area contributed by atoms with Gasteiger partial charge in [-0.25, -0.2) is 9.97 Å². The molecule has 0 spiro atoms. The SMILES string of the molecule is O=C1NC(=O)C(=Cc2ccnc(N3CCC(CNCc4ccc(-c5ccccc5Cl)o4)CC3)n2)S1. The van der Waals surface area contributed by atoms with E-state index in [0.29, 0.717) is 34.0 Å². The highest BCUT2D eigenvalue weighted by Gasteiger charge is 2.25. The Morgan fingerprint density at radius 3 is 2.77 bits per heavy atom. The van der Waals surface area contributed by atoms with Crippen LogP contribution in [0.4, 0.5) is 10.7 Å². The van der Waals surface area contributed by atoms with Crippen molar-refractivity contribution >= 4 is 46.5 Å². The van der Waals surface area contributed by atoms with Gasteiger partial charge in [-0.3, -0.25) is 14.9 Å². The van der Waals surface area contributed by atoms with Gasteiger partial charge in [-0.15, -0.1) is 0 Å². The number of rotatable bonds is 7. The highest BCUT2D eigenvalue weighted by atomic mass is 35.5. The zero-order valence-corrected chi connectivity index (χ0v) is 20.4. The average Bonchev–Trinajstić information content (AvgIpc) is 3.45. The molecule has 180 valence electrons. The number of benzene rings is 1. The summed E-state index contributed by atoms with van der Waals surface area (Å²) in [5.41, 5.74) is 1.51. The molecule has 2 fully saturated rings. The molecule has 0 radical (unpaired) electrons. The van der Waals surface area contributed by atoms with Gasteiger partial charge in [0.25, 0.3) is 11.1 Å². The van der Waals surface area contributed by atoms with Crippen LogP contribution in [-0.2, 0) is 11.3 Å². The van der Waals surface area contributed by atoms with Crippen LogP contribution in [0.15, 0.2) is 58.0 Å². The van der Waals surface area contributed by atoms with Gasteiger partial charge < -0.3 is 14.6 Å². The molecule has 0 saturated carbocycles. The number of anilines is 1. The second-order valence-corrected chi connectivity index (χ2v) is 9.86. The molecule has 0 aliphatic carbocycles. The molecule has 0 unspecified atom stereocenters. The molecule has 10 heteroatoms. The van der Waals surface area contributed by atoms with Crippen LogP contribution in [0.25, 0.3) is 17.4 Å². The molecule has 2 aromatic heterocycles. The van der Waals surface area contributed by atoms with E-state index >= 15 is 0 Å². The lowest BCUT2D eigenvalue weighted by atomic mass is 9.97. The van der Waals surface area contributed by atoms with Gasteiger partial charge in [0.1, 0.15) is 11.5 Å². The maximum atomic E-state index is 11.8. The highest BCUT2D eigenvalue weighted by Crippen LogP contribution is 2.29. The van der Waals surface area contributed by atoms with E-state index in [9.17, 15) is 9.59 Å². The number of aromatic nitrogens is 2. The minimum atomic E-state index is -0.386. The van der Waals surface area contributed by atoms with Crippen molar-refractivity contribution in [3.8, 4) is 11.3 Å². The normalized spacial score (nSPS) is 17.9. The van der Waals surface area contributed by atoms with Gasteiger partial charge in [0, 0.05) is 24.8 Å². The van der Waals surface area contributed by atoms with Crippen LogP contribution in [0.2, 0.25) is 5.02 Å². The lowest BCUT2D eigenvalue weighted by Crippen LogP contribution is -2.38. The Hall–Kier alpha value is -3.14. The third kappa shape index (κ3) is 5.75. The average molecular weight is 510 g/mol. The summed E-state index contributed by atoms with van der Waals surface area (Å²) in [6.07, 6.45) is 5.36. The van der Waals surface area contributed by atoms with Gasteiger partial charge in [0.05, 0.1) is 22.2 Å². The summed E-state index contributed by atoms with van der Waals surface area (Å²) in [4.78, 5) is 34.6. The van der Waals surface area contributed by atoms with Crippen molar-refractivity contribution in [2.45, 2.75) is 19.4 Å². The molecule has 2 aliphatic heterocycles. The van der Waals surface area contributed by atoms with E-state index in [2.05, 4.69) is 25.5 Å². The Kier molecular flexibility index (Phi) is 7.17. The van der Waals surface area contributed by atoms with Crippen molar-refractivity contribution in [3.63, 3.8) is 0 Å². The number of piperidine rings is 1.